The normalized spacial score (nSPS) is 23.6. The number of aryl methyl sites for hydroxylation is 1. The van der Waals surface area contributed by atoms with Gasteiger partial charge in [0.2, 0.25) is 0 Å². The maximum atomic E-state index is 14.0. The van der Waals surface area contributed by atoms with E-state index in [-0.39, 0.29) is 6.42 Å². The molecule has 32 heavy (non-hydrogen) atoms. The Morgan fingerprint density at radius 2 is 1.66 bits per heavy atom. The Balaban J connectivity index is 1.89. The van der Waals surface area contributed by atoms with Crippen molar-refractivity contribution in [3.05, 3.63) is 77.9 Å². The van der Waals surface area contributed by atoms with Gasteiger partial charge in [0.25, 0.3) is 0 Å². The molecule has 166 valence electrons. The summed E-state index contributed by atoms with van der Waals surface area (Å²) in [4.78, 5) is 26.3. The summed E-state index contributed by atoms with van der Waals surface area (Å²) in [6.45, 7) is 1.94. The lowest BCUT2D eigenvalue weighted by atomic mass is 9.91. The maximum Gasteiger partial charge on any atom is 0.327 e. The van der Waals surface area contributed by atoms with Crippen LogP contribution >= 0.6 is 0 Å². The third kappa shape index (κ3) is 3.72. The summed E-state index contributed by atoms with van der Waals surface area (Å²) in [5, 5.41) is 5.25. The van der Waals surface area contributed by atoms with E-state index in [0.29, 0.717) is 4.90 Å². The van der Waals surface area contributed by atoms with Crippen LogP contribution in [0.25, 0.3) is 10.8 Å². The smallest absolute Gasteiger partial charge is 0.327 e. The molecule has 7 heteroatoms. The fraction of sp³-hybridized carbons (Fsp3) is 0.280. The van der Waals surface area contributed by atoms with Gasteiger partial charge in [-0.05, 0) is 41.5 Å². The Hall–Kier alpha value is -3.03. The van der Waals surface area contributed by atoms with E-state index in [4.69, 9.17) is 9.47 Å². The van der Waals surface area contributed by atoms with Gasteiger partial charge in [0.15, 0.2) is 4.75 Å². The minimum atomic E-state index is -1.80. The molecule has 4 atom stereocenters. The molecule has 1 aliphatic heterocycles. The second-order valence-corrected chi connectivity index (χ2v) is 9.69. The molecule has 1 heterocycles. The van der Waals surface area contributed by atoms with E-state index < -0.39 is 39.6 Å². The van der Waals surface area contributed by atoms with Crippen LogP contribution in [-0.4, -0.2) is 41.2 Å². The fourth-order valence-corrected chi connectivity index (χ4v) is 6.14. The molecule has 1 saturated heterocycles. The molecule has 6 nitrogen and oxygen atoms in total. The van der Waals surface area contributed by atoms with E-state index in [1.165, 1.54) is 14.2 Å². The van der Waals surface area contributed by atoms with Crippen LogP contribution in [0.4, 0.5) is 0 Å². The summed E-state index contributed by atoms with van der Waals surface area (Å²) in [7, 11) is 0.769. The van der Waals surface area contributed by atoms with Gasteiger partial charge in [-0.15, -0.1) is 0 Å². The van der Waals surface area contributed by atoms with Crippen LogP contribution < -0.4 is 5.32 Å². The van der Waals surface area contributed by atoms with Crippen molar-refractivity contribution in [3.8, 4) is 0 Å². The first-order chi connectivity index (χ1) is 15.4. The topological polar surface area (TPSA) is 81.7 Å². The number of hydrogen-bond acceptors (Lipinski definition) is 6. The Labute approximate surface area is 189 Å². The molecule has 1 aliphatic rings. The van der Waals surface area contributed by atoms with Gasteiger partial charge in [-0.1, -0.05) is 54.1 Å². The van der Waals surface area contributed by atoms with Crippen LogP contribution in [0.1, 0.15) is 23.6 Å². The number of nitrogens with one attached hydrogen (secondary N) is 1. The van der Waals surface area contributed by atoms with Crippen LogP contribution in [0.15, 0.2) is 71.6 Å². The zero-order valence-corrected chi connectivity index (χ0v) is 19.0. The number of carbonyl (C=O) groups excluding carboxylic acids is 2. The minimum absolute atomic E-state index is 0.00960. The summed E-state index contributed by atoms with van der Waals surface area (Å²) in [6, 6.07) is 19.3. The molecule has 1 N–H and O–H groups in total. The second-order valence-electron chi connectivity index (χ2n) is 7.95. The Bertz CT molecular complexity index is 1190. The zero-order chi connectivity index (χ0) is 22.9. The Morgan fingerprint density at radius 1 is 0.969 bits per heavy atom. The lowest BCUT2D eigenvalue weighted by Gasteiger charge is -2.31. The number of hydrogen-bond donors (Lipinski definition) is 1. The first-order valence-corrected chi connectivity index (χ1v) is 11.4. The van der Waals surface area contributed by atoms with Crippen molar-refractivity contribution >= 4 is 33.5 Å². The van der Waals surface area contributed by atoms with Crippen molar-refractivity contribution in [1.82, 2.24) is 5.32 Å². The highest BCUT2D eigenvalue weighted by atomic mass is 32.2. The highest BCUT2D eigenvalue weighted by Crippen LogP contribution is 2.45. The molecule has 3 aromatic rings. The summed E-state index contributed by atoms with van der Waals surface area (Å²) in [6.07, 6.45) is -0.00960. The number of carbonyl (C=O) groups is 2. The quantitative estimate of drug-likeness (QED) is 0.599. The van der Waals surface area contributed by atoms with Gasteiger partial charge < -0.3 is 9.47 Å². The molecule has 0 spiro atoms. The van der Waals surface area contributed by atoms with Gasteiger partial charge in [-0.25, -0.2) is 0 Å². The number of benzene rings is 3. The minimum Gasteiger partial charge on any atom is -0.468 e. The van der Waals surface area contributed by atoms with E-state index in [2.05, 4.69) is 5.32 Å². The van der Waals surface area contributed by atoms with E-state index in [9.17, 15) is 13.8 Å². The SMILES string of the molecule is COC(=O)[C@@H]1C[C@](C(=O)OC)([S@](=O)c2ccc(C)cc2)[C@@H](c2ccc3ccccc3c2)N1. The van der Waals surface area contributed by atoms with Gasteiger partial charge in [0.05, 0.1) is 31.1 Å². The Morgan fingerprint density at radius 3 is 2.31 bits per heavy atom. The summed E-state index contributed by atoms with van der Waals surface area (Å²) in [5.74, 6) is -1.14. The molecule has 0 radical (unpaired) electrons. The number of esters is 2. The van der Waals surface area contributed by atoms with Crippen molar-refractivity contribution in [2.75, 3.05) is 14.2 Å². The van der Waals surface area contributed by atoms with Crippen molar-refractivity contribution in [3.63, 3.8) is 0 Å². The molecule has 4 rings (SSSR count). The van der Waals surface area contributed by atoms with Crippen LogP contribution in [0.3, 0.4) is 0 Å². The van der Waals surface area contributed by atoms with Crippen molar-refractivity contribution in [2.45, 2.75) is 35.1 Å². The van der Waals surface area contributed by atoms with Crippen LogP contribution in [0.2, 0.25) is 0 Å². The lowest BCUT2D eigenvalue weighted by molar-refractivity contribution is -0.144. The van der Waals surface area contributed by atoms with Gasteiger partial charge in [-0.3, -0.25) is 19.1 Å². The number of ether oxygens (including phenoxy) is 2. The third-order valence-corrected chi connectivity index (χ3v) is 7.96. The molecule has 0 bridgehead atoms. The van der Waals surface area contributed by atoms with Crippen LogP contribution in [0.5, 0.6) is 0 Å². The summed E-state index contributed by atoms with van der Waals surface area (Å²) in [5.41, 5.74) is 1.77. The lowest BCUT2D eigenvalue weighted by Crippen LogP contribution is -2.48. The number of rotatable bonds is 5. The molecule has 1 fully saturated rings. The van der Waals surface area contributed by atoms with Gasteiger partial charge >= 0.3 is 11.9 Å². The average Bonchev–Trinajstić information content (AvgIpc) is 3.24. The van der Waals surface area contributed by atoms with Crippen molar-refractivity contribution in [2.24, 2.45) is 0 Å². The van der Waals surface area contributed by atoms with E-state index in [0.717, 1.165) is 21.9 Å². The third-order valence-electron chi connectivity index (χ3n) is 6.03. The largest absolute Gasteiger partial charge is 0.468 e. The maximum absolute atomic E-state index is 14.0. The fourth-order valence-electron chi connectivity index (χ4n) is 4.37. The van der Waals surface area contributed by atoms with Crippen LogP contribution in [-0.2, 0) is 29.9 Å². The molecule has 3 aromatic carbocycles. The van der Waals surface area contributed by atoms with Gasteiger partial charge in [0, 0.05) is 11.3 Å². The van der Waals surface area contributed by atoms with Gasteiger partial charge in [-0.2, -0.15) is 0 Å². The number of fused-ring (bicyclic) bond motifs is 1. The predicted octanol–water partition coefficient (Wildman–Crippen LogP) is 3.44. The van der Waals surface area contributed by atoms with E-state index in [1.54, 1.807) is 12.1 Å². The predicted molar refractivity (Wildman–Crippen MR) is 123 cm³/mol. The highest BCUT2D eigenvalue weighted by molar-refractivity contribution is 7.87. The van der Waals surface area contributed by atoms with Crippen molar-refractivity contribution in [1.29, 1.82) is 0 Å². The highest BCUT2D eigenvalue weighted by Gasteiger charge is 2.60. The molecular formula is C25H25NO5S. The molecular weight excluding hydrogens is 426 g/mol. The second kappa shape index (κ2) is 8.84. The van der Waals surface area contributed by atoms with E-state index in [1.807, 2.05) is 61.5 Å². The van der Waals surface area contributed by atoms with Crippen molar-refractivity contribution < 1.29 is 23.3 Å². The summed E-state index contributed by atoms with van der Waals surface area (Å²) >= 11 is 0. The zero-order valence-electron chi connectivity index (χ0n) is 18.2. The van der Waals surface area contributed by atoms with Gasteiger partial charge in [0.1, 0.15) is 6.04 Å². The molecule has 0 saturated carbocycles. The Kier molecular flexibility index (Phi) is 6.13. The molecule has 0 unspecified atom stereocenters. The van der Waals surface area contributed by atoms with E-state index >= 15 is 0 Å². The molecule has 0 aromatic heterocycles. The first kappa shape index (κ1) is 22.2. The summed E-state index contributed by atoms with van der Waals surface area (Å²) < 4.78 is 22.6. The molecule has 0 amide bonds. The van der Waals surface area contributed by atoms with Crippen LogP contribution in [0, 0.1) is 6.92 Å². The first-order valence-electron chi connectivity index (χ1n) is 10.3. The monoisotopic (exact) mass is 451 g/mol. The average molecular weight is 452 g/mol. The standard InChI is InChI=1S/C25H25NO5S/c1-16-8-12-20(13-9-16)32(29)25(24(28)31-3)15-21(23(27)30-2)26-22(25)19-11-10-17-6-4-5-7-18(17)14-19/h4-14,21-22,26H,15H2,1-3H3/t21-,22+,25-,32+/m0/s1. The molecule has 0 aliphatic carbocycles. The number of methoxy groups -OCH3 is 2.